The molecule has 0 saturated heterocycles. The van der Waals surface area contributed by atoms with Gasteiger partial charge < -0.3 is 13.6 Å². The second kappa shape index (κ2) is 12.1. The third-order valence-corrected chi connectivity index (χ3v) is 17.8. The molecule has 2 aromatic rings. The summed E-state index contributed by atoms with van der Waals surface area (Å²) in [5, 5.41) is 2.92. The lowest BCUT2D eigenvalue weighted by molar-refractivity contribution is 0.0208. The van der Waals surface area contributed by atoms with Crippen molar-refractivity contribution in [2.45, 2.75) is 103 Å². The van der Waals surface area contributed by atoms with Crippen molar-refractivity contribution in [3.63, 3.8) is 0 Å². The largest absolute Gasteiger partial charge is 0.414 e. The molecule has 0 unspecified atom stereocenters. The minimum absolute atomic E-state index is 0.0148. The van der Waals surface area contributed by atoms with E-state index in [0.717, 1.165) is 25.9 Å². The van der Waals surface area contributed by atoms with Crippen LogP contribution in [0.3, 0.4) is 0 Å². The SMILES string of the molecule is CC1=C[C@H](CO[Si](C)(C)C(C)(C)C)O[C@@H]1CCCCO[Si](c1ccccc1)(c1ccccc1)C(C)(C)C. The van der Waals surface area contributed by atoms with Gasteiger partial charge in [-0.1, -0.05) is 108 Å². The van der Waals surface area contributed by atoms with Crippen LogP contribution in [0.1, 0.15) is 67.7 Å². The van der Waals surface area contributed by atoms with Gasteiger partial charge in [-0.15, -0.1) is 0 Å². The van der Waals surface area contributed by atoms with Gasteiger partial charge in [0, 0.05) is 6.61 Å². The maximum atomic E-state index is 7.05. The van der Waals surface area contributed by atoms with Crippen LogP contribution in [-0.2, 0) is 13.6 Å². The number of unbranched alkanes of at least 4 members (excludes halogenated alkanes) is 1. The Morgan fingerprint density at radius 3 is 1.78 bits per heavy atom. The Bertz CT molecular complexity index is 964. The summed E-state index contributed by atoms with van der Waals surface area (Å²) >= 11 is 0. The summed E-state index contributed by atoms with van der Waals surface area (Å²) < 4.78 is 19.9. The molecule has 0 fully saturated rings. The Kier molecular flexibility index (Phi) is 9.84. The zero-order chi connectivity index (χ0) is 27.3. The van der Waals surface area contributed by atoms with Crippen LogP contribution in [0.25, 0.3) is 0 Å². The Morgan fingerprint density at radius 2 is 1.30 bits per heavy atom. The maximum Gasteiger partial charge on any atom is 0.261 e. The molecular weight excluding hydrogens is 489 g/mol. The highest BCUT2D eigenvalue weighted by molar-refractivity contribution is 6.99. The zero-order valence-corrected chi connectivity index (χ0v) is 26.8. The predicted octanol–water partition coefficient (Wildman–Crippen LogP) is 7.47. The van der Waals surface area contributed by atoms with Crippen molar-refractivity contribution >= 4 is 27.0 Å². The van der Waals surface area contributed by atoms with E-state index in [4.69, 9.17) is 13.6 Å². The highest BCUT2D eigenvalue weighted by atomic mass is 28.4. The summed E-state index contributed by atoms with van der Waals surface area (Å²) in [6.07, 6.45) is 5.69. The fourth-order valence-electron chi connectivity index (χ4n) is 5.07. The molecule has 5 heteroatoms. The summed E-state index contributed by atoms with van der Waals surface area (Å²) in [5.41, 5.74) is 1.34. The quantitative estimate of drug-likeness (QED) is 0.169. The van der Waals surface area contributed by atoms with Gasteiger partial charge in [0.05, 0.1) is 18.8 Å². The lowest BCUT2D eigenvalue weighted by Crippen LogP contribution is -2.66. The monoisotopic (exact) mass is 538 g/mol. The molecule has 3 nitrogen and oxygen atoms in total. The van der Waals surface area contributed by atoms with E-state index in [-0.39, 0.29) is 22.3 Å². The Morgan fingerprint density at radius 1 is 0.757 bits per heavy atom. The number of ether oxygens (including phenoxy) is 1. The van der Waals surface area contributed by atoms with Crippen molar-refractivity contribution in [1.82, 2.24) is 0 Å². The molecule has 37 heavy (non-hydrogen) atoms. The first-order chi connectivity index (χ1) is 17.3. The zero-order valence-electron chi connectivity index (χ0n) is 24.8. The van der Waals surface area contributed by atoms with E-state index in [1.807, 2.05) is 0 Å². The second-order valence-corrected chi connectivity index (χ2v) is 22.3. The van der Waals surface area contributed by atoms with E-state index in [1.165, 1.54) is 15.9 Å². The second-order valence-electron chi connectivity index (χ2n) is 13.2. The molecule has 0 N–H and O–H groups in total. The molecule has 0 aromatic heterocycles. The Labute approximate surface area is 228 Å². The number of hydrogen-bond acceptors (Lipinski definition) is 3. The molecule has 204 valence electrons. The topological polar surface area (TPSA) is 27.7 Å². The first-order valence-corrected chi connectivity index (χ1v) is 18.8. The van der Waals surface area contributed by atoms with Gasteiger partial charge >= 0.3 is 0 Å². The van der Waals surface area contributed by atoms with Crippen molar-refractivity contribution in [2.24, 2.45) is 0 Å². The van der Waals surface area contributed by atoms with E-state index in [0.29, 0.717) is 6.61 Å². The molecule has 2 aromatic carbocycles. The molecule has 1 aliphatic rings. The summed E-state index contributed by atoms with van der Waals surface area (Å²) in [4.78, 5) is 0. The van der Waals surface area contributed by atoms with Crippen molar-refractivity contribution < 1.29 is 13.6 Å². The fourth-order valence-corrected chi connectivity index (χ4v) is 10.7. The number of rotatable bonds is 11. The van der Waals surface area contributed by atoms with E-state index in [1.54, 1.807) is 0 Å². The summed E-state index contributed by atoms with van der Waals surface area (Å²) in [7, 11) is -4.22. The molecule has 1 heterocycles. The normalized spacial score (nSPS) is 19.2. The van der Waals surface area contributed by atoms with Crippen LogP contribution in [0.4, 0.5) is 0 Å². The van der Waals surface area contributed by atoms with Crippen LogP contribution < -0.4 is 10.4 Å². The highest BCUT2D eigenvalue weighted by Crippen LogP contribution is 2.38. The van der Waals surface area contributed by atoms with Crippen molar-refractivity contribution in [2.75, 3.05) is 13.2 Å². The minimum atomic E-state index is -2.45. The molecular formula is C32H50O3Si2. The molecule has 1 aliphatic heterocycles. The lowest BCUT2D eigenvalue weighted by atomic mass is 10.1. The van der Waals surface area contributed by atoms with Crippen LogP contribution in [-0.4, -0.2) is 42.1 Å². The van der Waals surface area contributed by atoms with Crippen LogP contribution in [0.5, 0.6) is 0 Å². The average Bonchev–Trinajstić information content (AvgIpc) is 3.19. The van der Waals surface area contributed by atoms with Crippen molar-refractivity contribution in [3.8, 4) is 0 Å². The first-order valence-electron chi connectivity index (χ1n) is 14.0. The Balaban J connectivity index is 1.58. The molecule has 0 saturated carbocycles. The van der Waals surface area contributed by atoms with Crippen molar-refractivity contribution in [3.05, 3.63) is 72.3 Å². The maximum absolute atomic E-state index is 7.05. The smallest absolute Gasteiger partial charge is 0.261 e. The average molecular weight is 539 g/mol. The van der Waals surface area contributed by atoms with Gasteiger partial charge in [-0.3, -0.25) is 0 Å². The van der Waals surface area contributed by atoms with Gasteiger partial charge in [0.2, 0.25) is 0 Å². The predicted molar refractivity (Wildman–Crippen MR) is 163 cm³/mol. The van der Waals surface area contributed by atoms with Gasteiger partial charge in [0.1, 0.15) is 0 Å². The van der Waals surface area contributed by atoms with Crippen molar-refractivity contribution in [1.29, 1.82) is 0 Å². The van der Waals surface area contributed by atoms with E-state index >= 15 is 0 Å². The van der Waals surface area contributed by atoms with Gasteiger partial charge in [0.25, 0.3) is 8.32 Å². The summed E-state index contributed by atoms with van der Waals surface area (Å²) in [6, 6.07) is 21.8. The summed E-state index contributed by atoms with van der Waals surface area (Å²) in [5.74, 6) is 0. The third kappa shape index (κ3) is 7.13. The minimum Gasteiger partial charge on any atom is -0.414 e. The number of benzene rings is 2. The number of hydrogen-bond donors (Lipinski definition) is 0. The van der Waals surface area contributed by atoms with E-state index in [2.05, 4.69) is 128 Å². The molecule has 3 rings (SSSR count). The molecule has 0 radical (unpaired) electrons. The van der Waals surface area contributed by atoms with Gasteiger partial charge in [-0.2, -0.15) is 0 Å². The third-order valence-electron chi connectivity index (χ3n) is 8.31. The Hall–Kier alpha value is -1.51. The molecule has 2 atom stereocenters. The highest BCUT2D eigenvalue weighted by Gasteiger charge is 2.50. The van der Waals surface area contributed by atoms with Crippen LogP contribution in [0.2, 0.25) is 23.2 Å². The standard InChI is InChI=1S/C32H50O3Si2/c1-26-24-27(25-34-36(8,9)31(2,3)4)35-30(26)22-16-17-23-33-37(32(5,6)7,28-18-12-10-13-19-28)29-20-14-11-15-21-29/h10-15,18-21,24,27,30H,16-17,22-23,25H2,1-9H3/t27-,30-/m1/s1. The molecule has 0 bridgehead atoms. The molecule has 0 amide bonds. The van der Waals surface area contributed by atoms with Crippen LogP contribution in [0.15, 0.2) is 72.3 Å². The first kappa shape index (κ1) is 30.0. The fraction of sp³-hybridized carbons (Fsp3) is 0.562. The lowest BCUT2D eigenvalue weighted by Gasteiger charge is -2.43. The van der Waals surface area contributed by atoms with Crippen LogP contribution in [0, 0.1) is 0 Å². The van der Waals surface area contributed by atoms with Gasteiger partial charge in [-0.05, 0) is 65.3 Å². The van der Waals surface area contributed by atoms with Crippen LogP contribution >= 0.6 is 0 Å². The van der Waals surface area contributed by atoms with Gasteiger partial charge in [0.15, 0.2) is 8.32 Å². The van der Waals surface area contributed by atoms with Gasteiger partial charge in [-0.25, -0.2) is 0 Å². The molecule has 0 aliphatic carbocycles. The summed E-state index contributed by atoms with van der Waals surface area (Å²) in [6.45, 7) is 22.1. The molecule has 0 spiro atoms. The van der Waals surface area contributed by atoms with E-state index < -0.39 is 16.6 Å². The van der Waals surface area contributed by atoms with E-state index in [9.17, 15) is 0 Å².